The van der Waals surface area contributed by atoms with Crippen LogP contribution in [0, 0.1) is 16.0 Å². The number of aliphatic hydroxyl groups excluding tert-OH is 1. The van der Waals surface area contributed by atoms with Crippen molar-refractivity contribution in [1.29, 1.82) is 0 Å². The summed E-state index contributed by atoms with van der Waals surface area (Å²) in [7, 11) is 1.99. The molecule has 0 radical (unpaired) electrons. The smallest absolute Gasteiger partial charge is 0.405 e. The zero-order chi connectivity index (χ0) is 25.4. The van der Waals surface area contributed by atoms with Gasteiger partial charge in [-0.2, -0.15) is 4.98 Å². The van der Waals surface area contributed by atoms with Crippen LogP contribution in [0.1, 0.15) is 31.2 Å². The molecule has 1 aliphatic rings. The SMILES string of the molecule is CN(CCO)C1CCC(CNc2nc(NCc3ccccc3OC(F)(F)F)ncc2[N+](=O)[O-])CC1. The number of benzene rings is 1. The molecule has 0 bridgehead atoms. The van der Waals surface area contributed by atoms with E-state index in [2.05, 4.69) is 30.2 Å². The van der Waals surface area contributed by atoms with E-state index >= 15 is 0 Å². The zero-order valence-corrected chi connectivity index (χ0v) is 19.3. The molecule has 1 fully saturated rings. The molecule has 1 aromatic heterocycles. The summed E-state index contributed by atoms with van der Waals surface area (Å²) in [4.78, 5) is 21.1. The highest BCUT2D eigenvalue weighted by atomic mass is 19.4. The van der Waals surface area contributed by atoms with Crippen molar-refractivity contribution in [1.82, 2.24) is 14.9 Å². The molecule has 192 valence electrons. The second-order valence-electron chi connectivity index (χ2n) is 8.45. The van der Waals surface area contributed by atoms with Crippen molar-refractivity contribution in [2.75, 3.05) is 37.4 Å². The lowest BCUT2D eigenvalue weighted by atomic mass is 9.85. The number of nitrogens with zero attached hydrogens (tertiary/aromatic N) is 4. The summed E-state index contributed by atoms with van der Waals surface area (Å²) >= 11 is 0. The van der Waals surface area contributed by atoms with Gasteiger partial charge in [0.2, 0.25) is 11.8 Å². The van der Waals surface area contributed by atoms with Crippen LogP contribution in [0.3, 0.4) is 0 Å². The van der Waals surface area contributed by atoms with Gasteiger partial charge in [0.15, 0.2) is 0 Å². The number of aliphatic hydroxyl groups is 1. The molecular weight excluding hydrogens is 469 g/mol. The van der Waals surface area contributed by atoms with Gasteiger partial charge in [-0.1, -0.05) is 18.2 Å². The second-order valence-corrected chi connectivity index (χ2v) is 8.45. The molecule has 0 saturated heterocycles. The van der Waals surface area contributed by atoms with Gasteiger partial charge in [-0.15, -0.1) is 13.2 Å². The van der Waals surface area contributed by atoms with E-state index in [0.29, 0.717) is 25.0 Å². The zero-order valence-electron chi connectivity index (χ0n) is 19.3. The fraction of sp³-hybridized carbons (Fsp3) is 0.545. The maximum atomic E-state index is 12.6. The Labute approximate surface area is 200 Å². The van der Waals surface area contributed by atoms with Crippen LogP contribution in [0.5, 0.6) is 5.75 Å². The molecule has 3 rings (SSSR count). The lowest BCUT2D eigenvalue weighted by Crippen LogP contribution is -2.37. The van der Waals surface area contributed by atoms with Crippen molar-refractivity contribution < 1.29 is 27.9 Å². The molecule has 0 unspecified atom stereocenters. The molecule has 2 aromatic rings. The van der Waals surface area contributed by atoms with E-state index in [0.717, 1.165) is 31.9 Å². The molecule has 1 aromatic carbocycles. The van der Waals surface area contributed by atoms with Gasteiger partial charge in [-0.3, -0.25) is 10.1 Å². The summed E-state index contributed by atoms with van der Waals surface area (Å²) in [6, 6.07) is 6.07. The number of halogens is 3. The maximum absolute atomic E-state index is 12.6. The summed E-state index contributed by atoms with van der Waals surface area (Å²) in [5.41, 5.74) is -0.0584. The quantitative estimate of drug-likeness (QED) is 0.313. The van der Waals surface area contributed by atoms with Gasteiger partial charge in [-0.25, -0.2) is 4.98 Å². The normalized spacial score (nSPS) is 18.3. The Morgan fingerprint density at radius 2 is 1.94 bits per heavy atom. The fourth-order valence-corrected chi connectivity index (χ4v) is 4.14. The molecule has 10 nitrogen and oxygen atoms in total. The predicted molar refractivity (Wildman–Crippen MR) is 123 cm³/mol. The molecule has 35 heavy (non-hydrogen) atoms. The monoisotopic (exact) mass is 498 g/mol. The Balaban J connectivity index is 1.62. The molecule has 0 amide bonds. The van der Waals surface area contributed by atoms with Crippen molar-refractivity contribution in [2.45, 2.75) is 44.6 Å². The Hall–Kier alpha value is -3.19. The maximum Gasteiger partial charge on any atom is 0.573 e. The number of hydrogen-bond acceptors (Lipinski definition) is 9. The standard InChI is InChI=1S/C22H29F3N6O4/c1-30(10-11-32)17-8-6-15(7-9-17)12-26-20-18(31(33)34)14-28-21(29-20)27-13-16-4-2-3-5-19(16)35-22(23,24)25/h2-5,14-15,17,32H,6-13H2,1H3,(H2,26,27,28,29). The minimum absolute atomic E-state index is 0.0363. The number of ether oxygens (including phenoxy) is 1. The molecule has 13 heteroatoms. The first-order valence-electron chi connectivity index (χ1n) is 11.3. The largest absolute Gasteiger partial charge is 0.573 e. The summed E-state index contributed by atoms with van der Waals surface area (Å²) in [6.07, 6.45) is 0.0592. The van der Waals surface area contributed by atoms with Gasteiger partial charge < -0.3 is 25.4 Å². The van der Waals surface area contributed by atoms with E-state index in [4.69, 9.17) is 5.11 Å². The first-order chi connectivity index (χ1) is 16.7. The van der Waals surface area contributed by atoms with Gasteiger partial charge >= 0.3 is 12.0 Å². The van der Waals surface area contributed by atoms with Gasteiger partial charge in [0.1, 0.15) is 11.9 Å². The van der Waals surface area contributed by atoms with Gasteiger partial charge in [0, 0.05) is 31.2 Å². The van der Waals surface area contributed by atoms with Crippen LogP contribution in [-0.2, 0) is 6.54 Å². The average molecular weight is 499 g/mol. The molecule has 3 N–H and O–H groups in total. The minimum atomic E-state index is -4.83. The molecule has 1 saturated carbocycles. The highest BCUT2D eigenvalue weighted by Crippen LogP contribution is 2.30. The Morgan fingerprint density at radius 3 is 2.60 bits per heavy atom. The number of anilines is 2. The van der Waals surface area contributed by atoms with E-state index in [-0.39, 0.29) is 41.9 Å². The van der Waals surface area contributed by atoms with Crippen LogP contribution < -0.4 is 15.4 Å². The molecule has 0 aliphatic heterocycles. The van der Waals surface area contributed by atoms with Crippen molar-refractivity contribution in [2.24, 2.45) is 5.92 Å². The number of likely N-dealkylation sites (N-methyl/N-ethyl adjacent to an activating group) is 1. The highest BCUT2D eigenvalue weighted by molar-refractivity contribution is 5.57. The first-order valence-corrected chi connectivity index (χ1v) is 11.3. The molecular formula is C22H29F3N6O4. The van der Waals surface area contributed by atoms with Crippen molar-refractivity contribution >= 4 is 17.5 Å². The predicted octanol–water partition coefficient (Wildman–Crippen LogP) is 3.79. The summed E-state index contributed by atoms with van der Waals surface area (Å²) < 4.78 is 42.0. The first kappa shape index (κ1) is 26.4. The molecule has 0 spiro atoms. The van der Waals surface area contributed by atoms with E-state index in [1.54, 1.807) is 6.07 Å². The van der Waals surface area contributed by atoms with Crippen molar-refractivity contribution in [3.8, 4) is 5.75 Å². The summed E-state index contributed by atoms with van der Waals surface area (Å²) in [6.45, 7) is 1.17. The van der Waals surface area contributed by atoms with Crippen LogP contribution in [0.4, 0.5) is 30.6 Å². The van der Waals surface area contributed by atoms with Gasteiger partial charge in [-0.05, 0) is 44.7 Å². The van der Waals surface area contributed by atoms with Gasteiger partial charge in [0.05, 0.1) is 11.5 Å². The van der Waals surface area contributed by atoms with Crippen LogP contribution >= 0.6 is 0 Å². The lowest BCUT2D eigenvalue weighted by Gasteiger charge is -2.34. The van der Waals surface area contributed by atoms with E-state index in [9.17, 15) is 23.3 Å². The Morgan fingerprint density at radius 1 is 1.23 bits per heavy atom. The van der Waals surface area contributed by atoms with Gasteiger partial charge in [0.25, 0.3) is 0 Å². The number of nitrogens with one attached hydrogen (secondary N) is 2. The number of alkyl halides is 3. The third-order valence-corrected chi connectivity index (χ3v) is 6.05. The Bertz CT molecular complexity index is 986. The summed E-state index contributed by atoms with van der Waals surface area (Å²) in [5, 5.41) is 26.4. The number of nitro groups is 1. The van der Waals surface area contributed by atoms with Crippen LogP contribution in [0.25, 0.3) is 0 Å². The van der Waals surface area contributed by atoms with E-state index in [1.165, 1.54) is 18.2 Å². The third kappa shape index (κ3) is 7.92. The minimum Gasteiger partial charge on any atom is -0.405 e. The topological polar surface area (TPSA) is 126 Å². The lowest BCUT2D eigenvalue weighted by molar-refractivity contribution is -0.384. The number of rotatable bonds is 11. The van der Waals surface area contributed by atoms with Crippen LogP contribution in [0.15, 0.2) is 30.5 Å². The van der Waals surface area contributed by atoms with E-state index < -0.39 is 11.3 Å². The second kappa shape index (κ2) is 12.0. The Kier molecular flexibility index (Phi) is 9.04. The number of para-hydroxylation sites is 1. The molecule has 1 heterocycles. The van der Waals surface area contributed by atoms with Crippen LogP contribution in [0.2, 0.25) is 0 Å². The molecule has 1 aliphatic carbocycles. The third-order valence-electron chi connectivity index (χ3n) is 6.05. The average Bonchev–Trinajstić information content (AvgIpc) is 2.81. The van der Waals surface area contributed by atoms with Crippen LogP contribution in [-0.4, -0.2) is 64.0 Å². The van der Waals surface area contributed by atoms with Crippen molar-refractivity contribution in [3.05, 3.63) is 46.1 Å². The fourth-order valence-electron chi connectivity index (χ4n) is 4.14. The van der Waals surface area contributed by atoms with Crippen molar-refractivity contribution in [3.63, 3.8) is 0 Å². The summed E-state index contributed by atoms with van der Waals surface area (Å²) in [5.74, 6) is 0.0419. The number of hydrogen-bond donors (Lipinski definition) is 3. The van der Waals surface area contributed by atoms with E-state index in [1.807, 2.05) is 7.05 Å². The molecule has 0 atom stereocenters. The number of aromatic nitrogens is 2. The highest BCUT2D eigenvalue weighted by Gasteiger charge is 2.32.